The van der Waals surface area contributed by atoms with Gasteiger partial charge in [0.1, 0.15) is 18.0 Å². The van der Waals surface area contributed by atoms with Gasteiger partial charge in [-0.15, -0.1) is 0 Å². The molecule has 32 heavy (non-hydrogen) atoms. The number of likely N-dealkylation sites (tertiary alicyclic amines) is 1. The summed E-state index contributed by atoms with van der Waals surface area (Å²) in [4.78, 5) is 30.2. The van der Waals surface area contributed by atoms with Crippen molar-refractivity contribution in [1.29, 1.82) is 0 Å². The molecule has 2 heterocycles. The zero-order valence-corrected chi connectivity index (χ0v) is 19.9. The van der Waals surface area contributed by atoms with Gasteiger partial charge in [-0.3, -0.25) is 9.59 Å². The van der Waals surface area contributed by atoms with Crippen molar-refractivity contribution < 1.29 is 19.1 Å². The Morgan fingerprint density at radius 1 is 1.09 bits per heavy atom. The number of ether oxygens (including phenoxy) is 2. The Hall–Kier alpha value is -1.79. The van der Waals surface area contributed by atoms with Crippen LogP contribution in [0, 0.1) is 12.8 Å². The fourth-order valence-electron chi connectivity index (χ4n) is 5.16. The van der Waals surface area contributed by atoms with Crippen LogP contribution in [0.1, 0.15) is 56.9 Å². The van der Waals surface area contributed by atoms with Crippen LogP contribution in [0.2, 0.25) is 5.02 Å². The Labute approximate surface area is 196 Å². The number of morpholine rings is 1. The molecule has 2 amide bonds. The van der Waals surface area contributed by atoms with Gasteiger partial charge < -0.3 is 19.3 Å². The lowest BCUT2D eigenvalue weighted by Crippen LogP contribution is -2.59. The Bertz CT molecular complexity index is 820. The van der Waals surface area contributed by atoms with E-state index in [9.17, 15) is 9.59 Å². The van der Waals surface area contributed by atoms with Crippen LogP contribution in [0.4, 0.5) is 0 Å². The molecule has 0 aromatic heterocycles. The third-order valence-corrected chi connectivity index (χ3v) is 7.50. The highest BCUT2D eigenvalue weighted by Gasteiger charge is 2.43. The van der Waals surface area contributed by atoms with Gasteiger partial charge in [-0.05, 0) is 62.8 Å². The molecular formula is C25H35ClN2O4. The van der Waals surface area contributed by atoms with E-state index in [0.29, 0.717) is 30.5 Å². The summed E-state index contributed by atoms with van der Waals surface area (Å²) in [6.45, 7) is 5.16. The Balaban J connectivity index is 1.49. The third kappa shape index (κ3) is 5.57. The van der Waals surface area contributed by atoms with E-state index in [0.717, 1.165) is 57.2 Å². The van der Waals surface area contributed by atoms with E-state index >= 15 is 0 Å². The van der Waals surface area contributed by atoms with Crippen LogP contribution in [0.25, 0.3) is 0 Å². The number of rotatable bonds is 6. The molecule has 0 bridgehead atoms. The summed E-state index contributed by atoms with van der Waals surface area (Å²) in [5.74, 6) is 1.11. The second-order valence-corrected chi connectivity index (χ2v) is 10.00. The van der Waals surface area contributed by atoms with E-state index in [1.807, 2.05) is 34.9 Å². The first-order chi connectivity index (χ1) is 15.5. The van der Waals surface area contributed by atoms with Crippen molar-refractivity contribution in [1.82, 2.24) is 9.80 Å². The lowest BCUT2D eigenvalue weighted by atomic mass is 9.95. The molecule has 1 atom stereocenters. The number of hydrogen-bond donors (Lipinski definition) is 0. The number of aryl methyl sites for hydroxylation is 1. The third-order valence-electron chi connectivity index (χ3n) is 7.08. The number of benzene rings is 1. The summed E-state index contributed by atoms with van der Waals surface area (Å²) >= 11 is 6.15. The van der Waals surface area contributed by atoms with Crippen molar-refractivity contribution in [2.24, 2.45) is 5.92 Å². The van der Waals surface area contributed by atoms with Gasteiger partial charge >= 0.3 is 0 Å². The van der Waals surface area contributed by atoms with Gasteiger partial charge in [0.2, 0.25) is 11.8 Å². The average Bonchev–Trinajstić information content (AvgIpc) is 3.35. The van der Waals surface area contributed by atoms with Crippen LogP contribution in [-0.2, 0) is 14.3 Å². The highest BCUT2D eigenvalue weighted by Crippen LogP contribution is 2.31. The molecule has 7 heteroatoms. The zero-order chi connectivity index (χ0) is 22.6. The molecule has 0 N–H and O–H groups in total. The predicted molar refractivity (Wildman–Crippen MR) is 124 cm³/mol. The molecule has 176 valence electrons. The van der Waals surface area contributed by atoms with Crippen molar-refractivity contribution in [3.05, 3.63) is 28.8 Å². The van der Waals surface area contributed by atoms with Gasteiger partial charge in [-0.1, -0.05) is 24.4 Å². The molecule has 6 nitrogen and oxygen atoms in total. The van der Waals surface area contributed by atoms with Gasteiger partial charge in [-0.25, -0.2) is 0 Å². The van der Waals surface area contributed by atoms with E-state index in [2.05, 4.69) is 0 Å². The van der Waals surface area contributed by atoms with E-state index in [4.69, 9.17) is 21.1 Å². The minimum atomic E-state index is -0.839. The standard InChI is InChI=1S/C25H35ClN2O4/c1-19-15-21(9-10-22(19)26)31-18-25(16-23(29)27-11-5-2-6-12-27)17-28(13-14-32-25)24(30)20-7-3-4-8-20/h9-10,15,20H,2-8,11-14,16-18H2,1H3/t25-/m0/s1. The minimum Gasteiger partial charge on any atom is -0.490 e. The maximum Gasteiger partial charge on any atom is 0.225 e. The molecule has 2 saturated heterocycles. The van der Waals surface area contributed by atoms with Gasteiger partial charge in [0.25, 0.3) is 0 Å². The largest absolute Gasteiger partial charge is 0.490 e. The quantitative estimate of drug-likeness (QED) is 0.635. The summed E-state index contributed by atoms with van der Waals surface area (Å²) in [5.41, 5.74) is 0.0967. The van der Waals surface area contributed by atoms with Crippen LogP contribution in [0.15, 0.2) is 18.2 Å². The van der Waals surface area contributed by atoms with E-state index < -0.39 is 5.60 Å². The smallest absolute Gasteiger partial charge is 0.225 e. The van der Waals surface area contributed by atoms with Gasteiger partial charge in [0.15, 0.2) is 0 Å². The maximum absolute atomic E-state index is 13.2. The fraction of sp³-hybridized carbons (Fsp3) is 0.680. The number of amides is 2. The number of carbonyl (C=O) groups excluding carboxylic acids is 2. The number of halogens is 1. The minimum absolute atomic E-state index is 0.0933. The number of hydrogen-bond acceptors (Lipinski definition) is 4. The number of nitrogens with zero attached hydrogens (tertiary/aromatic N) is 2. The Morgan fingerprint density at radius 3 is 2.56 bits per heavy atom. The SMILES string of the molecule is Cc1cc(OC[C@]2(CC(=O)N3CCCCC3)CN(C(=O)C3CCCC3)CCO2)ccc1Cl. The summed E-state index contributed by atoms with van der Waals surface area (Å²) < 4.78 is 12.4. The molecule has 0 radical (unpaired) electrons. The van der Waals surface area contributed by atoms with Gasteiger partial charge in [0.05, 0.1) is 19.6 Å². The second kappa shape index (κ2) is 10.4. The van der Waals surface area contributed by atoms with Crippen molar-refractivity contribution in [2.75, 3.05) is 39.4 Å². The molecule has 3 aliphatic rings. The molecule has 0 unspecified atom stereocenters. The van der Waals surface area contributed by atoms with Crippen molar-refractivity contribution in [2.45, 2.75) is 63.9 Å². The molecular weight excluding hydrogens is 428 g/mol. The van der Waals surface area contributed by atoms with Gasteiger partial charge in [-0.2, -0.15) is 0 Å². The first-order valence-electron chi connectivity index (χ1n) is 12.1. The van der Waals surface area contributed by atoms with Crippen molar-refractivity contribution in [3.63, 3.8) is 0 Å². The molecule has 1 saturated carbocycles. The van der Waals surface area contributed by atoms with Crippen LogP contribution in [-0.4, -0.2) is 66.6 Å². The highest BCUT2D eigenvalue weighted by atomic mass is 35.5. The maximum atomic E-state index is 13.2. The number of carbonyl (C=O) groups is 2. The summed E-state index contributed by atoms with van der Waals surface area (Å²) in [6.07, 6.45) is 7.69. The molecule has 4 rings (SSSR count). The Morgan fingerprint density at radius 2 is 1.84 bits per heavy atom. The average molecular weight is 463 g/mol. The van der Waals surface area contributed by atoms with Crippen molar-refractivity contribution >= 4 is 23.4 Å². The normalized spacial score (nSPS) is 24.6. The number of piperidine rings is 1. The topological polar surface area (TPSA) is 59.1 Å². The molecule has 1 aliphatic carbocycles. The lowest BCUT2D eigenvalue weighted by molar-refractivity contribution is -0.168. The fourth-order valence-corrected chi connectivity index (χ4v) is 5.28. The first-order valence-corrected chi connectivity index (χ1v) is 12.4. The van der Waals surface area contributed by atoms with Crippen LogP contribution >= 0.6 is 11.6 Å². The molecule has 0 spiro atoms. The summed E-state index contributed by atoms with van der Waals surface area (Å²) in [5, 5.41) is 0.689. The lowest BCUT2D eigenvalue weighted by Gasteiger charge is -2.43. The first kappa shape index (κ1) is 23.4. The monoisotopic (exact) mass is 462 g/mol. The van der Waals surface area contributed by atoms with E-state index in [1.165, 1.54) is 6.42 Å². The second-order valence-electron chi connectivity index (χ2n) is 9.59. The summed E-state index contributed by atoms with van der Waals surface area (Å²) in [6, 6.07) is 5.54. The van der Waals surface area contributed by atoms with E-state index in [1.54, 1.807) is 0 Å². The molecule has 1 aromatic rings. The van der Waals surface area contributed by atoms with Crippen LogP contribution < -0.4 is 4.74 Å². The molecule has 3 fully saturated rings. The van der Waals surface area contributed by atoms with Crippen LogP contribution in [0.5, 0.6) is 5.75 Å². The zero-order valence-electron chi connectivity index (χ0n) is 19.1. The predicted octanol–water partition coefficient (Wildman–Crippen LogP) is 4.22. The highest BCUT2D eigenvalue weighted by molar-refractivity contribution is 6.31. The summed E-state index contributed by atoms with van der Waals surface area (Å²) in [7, 11) is 0. The van der Waals surface area contributed by atoms with Gasteiger partial charge in [0, 0.05) is 30.6 Å². The van der Waals surface area contributed by atoms with Crippen molar-refractivity contribution in [3.8, 4) is 5.75 Å². The van der Waals surface area contributed by atoms with Crippen LogP contribution in [0.3, 0.4) is 0 Å². The molecule has 1 aromatic carbocycles. The van der Waals surface area contributed by atoms with E-state index in [-0.39, 0.29) is 30.8 Å². The Kier molecular flexibility index (Phi) is 7.62. The molecule has 2 aliphatic heterocycles.